The number of alkyl halides is 4. The van der Waals surface area contributed by atoms with Crippen molar-refractivity contribution in [3.8, 4) is 0 Å². The van der Waals surface area contributed by atoms with E-state index >= 15 is 0 Å². The van der Waals surface area contributed by atoms with Gasteiger partial charge < -0.3 is 0 Å². The molecule has 0 heterocycles. The summed E-state index contributed by atoms with van der Waals surface area (Å²) in [5.41, 5.74) is 0. The molecule has 0 spiro atoms. The predicted octanol–water partition coefficient (Wildman–Crippen LogP) is 3.76. The van der Waals surface area contributed by atoms with E-state index < -0.39 is 3.79 Å². The van der Waals surface area contributed by atoms with Crippen molar-refractivity contribution in [3.63, 3.8) is 0 Å². The Kier molecular flexibility index (Phi) is 3.02. The highest BCUT2D eigenvalue weighted by Crippen LogP contribution is 2.46. The summed E-state index contributed by atoms with van der Waals surface area (Å²) in [5, 5.41) is 0.0486. The molecular formula is C6H8Cl4. The molecule has 0 nitrogen and oxygen atoms in total. The zero-order valence-corrected chi connectivity index (χ0v) is 8.31. The van der Waals surface area contributed by atoms with Crippen molar-refractivity contribution >= 4 is 46.4 Å². The average Bonchev–Trinajstić information content (AvgIpc) is 2.11. The molecule has 0 bridgehead atoms. The Labute approximate surface area is 80.8 Å². The Morgan fingerprint density at radius 1 is 1.10 bits per heavy atom. The van der Waals surface area contributed by atoms with E-state index in [1.54, 1.807) is 0 Å². The van der Waals surface area contributed by atoms with Gasteiger partial charge in [0.15, 0.2) is 3.79 Å². The van der Waals surface area contributed by atoms with Crippen LogP contribution >= 0.6 is 46.4 Å². The van der Waals surface area contributed by atoms with Crippen molar-refractivity contribution in [3.05, 3.63) is 0 Å². The molecule has 0 saturated heterocycles. The maximum absolute atomic E-state index is 5.91. The van der Waals surface area contributed by atoms with Crippen molar-refractivity contribution in [2.45, 2.75) is 28.4 Å². The van der Waals surface area contributed by atoms with Crippen LogP contribution < -0.4 is 0 Å². The fourth-order valence-electron chi connectivity index (χ4n) is 1.28. The highest BCUT2D eigenvalue weighted by atomic mass is 35.6. The van der Waals surface area contributed by atoms with Gasteiger partial charge in [0, 0.05) is 11.3 Å². The molecule has 1 rings (SSSR count). The third-order valence-corrected chi connectivity index (χ3v) is 3.22. The van der Waals surface area contributed by atoms with E-state index in [1.165, 1.54) is 0 Å². The minimum Gasteiger partial charge on any atom is -0.123 e. The van der Waals surface area contributed by atoms with Crippen LogP contribution in [0, 0.1) is 5.92 Å². The summed E-state index contributed by atoms with van der Waals surface area (Å²) in [6, 6.07) is 0. The van der Waals surface area contributed by atoms with Gasteiger partial charge in [-0.25, -0.2) is 0 Å². The lowest BCUT2D eigenvalue weighted by Gasteiger charge is -2.21. The molecule has 0 amide bonds. The van der Waals surface area contributed by atoms with Gasteiger partial charge in [0.2, 0.25) is 0 Å². The first-order valence-corrected chi connectivity index (χ1v) is 4.79. The third kappa shape index (κ3) is 2.07. The van der Waals surface area contributed by atoms with E-state index in [-0.39, 0.29) is 11.3 Å². The zero-order valence-electron chi connectivity index (χ0n) is 5.29. The quantitative estimate of drug-likeness (QED) is 0.547. The lowest BCUT2D eigenvalue weighted by molar-refractivity contribution is 0.568. The molecule has 4 heteroatoms. The fraction of sp³-hybridized carbons (Fsp3) is 1.00. The van der Waals surface area contributed by atoms with E-state index in [2.05, 4.69) is 0 Å². The summed E-state index contributed by atoms with van der Waals surface area (Å²) < 4.78 is -1.16. The molecule has 0 N–H and O–H groups in total. The smallest absolute Gasteiger partial charge is 0.123 e. The van der Waals surface area contributed by atoms with Crippen molar-refractivity contribution in [2.75, 3.05) is 0 Å². The largest absolute Gasteiger partial charge is 0.194 e. The van der Waals surface area contributed by atoms with Gasteiger partial charge >= 0.3 is 0 Å². The Balaban J connectivity index is 2.55. The van der Waals surface area contributed by atoms with Gasteiger partial charge in [0.05, 0.1) is 0 Å². The van der Waals surface area contributed by atoms with Gasteiger partial charge in [0.1, 0.15) is 0 Å². The zero-order chi connectivity index (χ0) is 7.78. The maximum atomic E-state index is 5.91. The molecule has 2 unspecified atom stereocenters. The summed E-state index contributed by atoms with van der Waals surface area (Å²) in [4.78, 5) is 0. The monoisotopic (exact) mass is 220 g/mol. The van der Waals surface area contributed by atoms with Crippen LogP contribution in [0.2, 0.25) is 0 Å². The SMILES string of the molecule is ClC1CCCC1C(Cl)(Cl)Cl. The molecule has 1 aliphatic rings. The maximum Gasteiger partial charge on any atom is 0.194 e. The molecule has 0 aromatic rings. The van der Waals surface area contributed by atoms with Crippen LogP contribution in [0.1, 0.15) is 19.3 Å². The standard InChI is InChI=1S/C6H8Cl4/c7-5-3-1-2-4(5)6(8,9)10/h4-5H,1-3H2. The Hall–Kier alpha value is 1.16. The molecular weight excluding hydrogens is 214 g/mol. The lowest BCUT2D eigenvalue weighted by atomic mass is 10.1. The lowest BCUT2D eigenvalue weighted by Crippen LogP contribution is -2.23. The molecule has 0 radical (unpaired) electrons. The topological polar surface area (TPSA) is 0 Å². The first-order chi connectivity index (χ1) is 4.52. The van der Waals surface area contributed by atoms with Gasteiger partial charge in [0.25, 0.3) is 0 Å². The van der Waals surface area contributed by atoms with E-state index in [0.717, 1.165) is 19.3 Å². The van der Waals surface area contributed by atoms with Crippen LogP contribution in [0.4, 0.5) is 0 Å². The number of rotatable bonds is 0. The third-order valence-electron chi connectivity index (χ3n) is 1.85. The average molecular weight is 222 g/mol. The van der Waals surface area contributed by atoms with Gasteiger partial charge in [-0.1, -0.05) is 41.2 Å². The van der Waals surface area contributed by atoms with Gasteiger partial charge in [-0.2, -0.15) is 0 Å². The summed E-state index contributed by atoms with van der Waals surface area (Å²) in [7, 11) is 0. The molecule has 1 aliphatic carbocycles. The second-order valence-corrected chi connectivity index (χ2v) is 5.52. The minimum atomic E-state index is -1.16. The number of hydrogen-bond acceptors (Lipinski definition) is 0. The highest BCUT2D eigenvalue weighted by molar-refractivity contribution is 6.68. The molecule has 60 valence electrons. The van der Waals surface area contributed by atoms with E-state index in [9.17, 15) is 0 Å². The summed E-state index contributed by atoms with van der Waals surface area (Å²) >= 11 is 23.0. The van der Waals surface area contributed by atoms with Crippen molar-refractivity contribution in [1.29, 1.82) is 0 Å². The molecule has 2 atom stereocenters. The van der Waals surface area contributed by atoms with E-state index in [1.807, 2.05) is 0 Å². The Bertz CT molecular complexity index is 117. The highest BCUT2D eigenvalue weighted by Gasteiger charge is 2.40. The van der Waals surface area contributed by atoms with Gasteiger partial charge in [-0.3, -0.25) is 0 Å². The second kappa shape index (κ2) is 3.26. The molecule has 1 saturated carbocycles. The molecule has 10 heavy (non-hydrogen) atoms. The predicted molar refractivity (Wildman–Crippen MR) is 47.3 cm³/mol. The van der Waals surface area contributed by atoms with E-state index in [0.29, 0.717) is 0 Å². The van der Waals surface area contributed by atoms with Crippen LogP contribution in [-0.4, -0.2) is 9.17 Å². The van der Waals surface area contributed by atoms with Crippen LogP contribution in [-0.2, 0) is 0 Å². The van der Waals surface area contributed by atoms with Crippen molar-refractivity contribution < 1.29 is 0 Å². The van der Waals surface area contributed by atoms with Crippen LogP contribution in [0.3, 0.4) is 0 Å². The Morgan fingerprint density at radius 3 is 1.90 bits per heavy atom. The number of hydrogen-bond donors (Lipinski definition) is 0. The first kappa shape index (κ1) is 9.25. The summed E-state index contributed by atoms with van der Waals surface area (Å²) in [5.74, 6) is 0.0409. The second-order valence-electron chi connectivity index (χ2n) is 2.60. The van der Waals surface area contributed by atoms with Crippen LogP contribution in [0.5, 0.6) is 0 Å². The molecule has 0 aromatic carbocycles. The summed E-state index contributed by atoms with van der Waals surface area (Å²) in [6.45, 7) is 0. The molecule has 0 aliphatic heterocycles. The molecule has 0 aromatic heterocycles. The van der Waals surface area contributed by atoms with Crippen molar-refractivity contribution in [2.24, 2.45) is 5.92 Å². The van der Waals surface area contributed by atoms with Gasteiger partial charge in [-0.05, 0) is 12.8 Å². The van der Waals surface area contributed by atoms with E-state index in [4.69, 9.17) is 46.4 Å². The summed E-state index contributed by atoms with van der Waals surface area (Å²) in [6.07, 6.45) is 2.98. The first-order valence-electron chi connectivity index (χ1n) is 3.22. The normalized spacial score (nSPS) is 34.8. The Morgan fingerprint density at radius 2 is 1.70 bits per heavy atom. The van der Waals surface area contributed by atoms with Gasteiger partial charge in [-0.15, -0.1) is 11.6 Å². The van der Waals surface area contributed by atoms with Crippen LogP contribution in [0.15, 0.2) is 0 Å². The minimum absolute atomic E-state index is 0.0409. The number of halogens is 4. The van der Waals surface area contributed by atoms with Crippen molar-refractivity contribution in [1.82, 2.24) is 0 Å². The fourth-order valence-corrected chi connectivity index (χ4v) is 2.73. The molecule has 1 fully saturated rings. The van der Waals surface area contributed by atoms with Crippen LogP contribution in [0.25, 0.3) is 0 Å².